The summed E-state index contributed by atoms with van der Waals surface area (Å²) in [6.07, 6.45) is 35.3. The lowest BCUT2D eigenvalue weighted by atomic mass is 9.94. The fourth-order valence-electron chi connectivity index (χ4n) is 5.62. The van der Waals surface area contributed by atoms with Crippen LogP contribution < -0.4 is 0 Å². The smallest absolute Gasteiger partial charge is 0.309 e. The Morgan fingerprint density at radius 3 is 1.50 bits per heavy atom. The van der Waals surface area contributed by atoms with Gasteiger partial charge in [-0.25, -0.2) is 0 Å². The molecule has 0 aromatic heterocycles. The molecule has 42 heavy (non-hydrogen) atoms. The number of aliphatic hydroxyl groups excluding tert-OH is 3. The van der Waals surface area contributed by atoms with Crippen LogP contribution in [0.5, 0.6) is 0 Å². The molecule has 0 aromatic carbocycles. The van der Waals surface area contributed by atoms with Gasteiger partial charge in [-0.3, -0.25) is 4.79 Å². The number of hydrogen-bond acceptors (Lipinski definition) is 5. The highest BCUT2D eigenvalue weighted by molar-refractivity contribution is 5.72. The zero-order chi connectivity index (χ0) is 30.9. The largest absolute Gasteiger partial charge is 0.463 e. The summed E-state index contributed by atoms with van der Waals surface area (Å²) >= 11 is 0. The molecule has 0 aliphatic rings. The van der Waals surface area contributed by atoms with Crippen LogP contribution in [0.25, 0.3) is 0 Å². The van der Waals surface area contributed by atoms with Crippen LogP contribution in [0.1, 0.15) is 187 Å². The van der Waals surface area contributed by atoms with E-state index in [1.54, 1.807) is 0 Å². The first-order chi connectivity index (χ1) is 20.5. The number of hydrogen-bond donors (Lipinski definition) is 3. The maximum Gasteiger partial charge on any atom is 0.309 e. The number of unbranched alkanes of at least 4 members (excludes halogenated alkanes) is 20. The van der Waals surface area contributed by atoms with Crippen molar-refractivity contribution in [2.24, 2.45) is 5.92 Å². The summed E-state index contributed by atoms with van der Waals surface area (Å²) < 4.78 is 5.33. The second-order valence-corrected chi connectivity index (χ2v) is 12.8. The molecule has 3 N–H and O–H groups in total. The Morgan fingerprint density at radius 1 is 0.571 bits per heavy atom. The SMILES string of the molecule is CCCCCCCCCCCCCCCCC(CCCCCC/C=C\C[C@H](O)CCCCCC)C(=O)OCC(O)CO. The molecule has 0 heterocycles. The summed E-state index contributed by atoms with van der Waals surface area (Å²) in [7, 11) is 0. The Hall–Kier alpha value is -0.910. The number of carbonyl (C=O) groups is 1. The van der Waals surface area contributed by atoms with E-state index in [0.29, 0.717) is 0 Å². The van der Waals surface area contributed by atoms with Crippen LogP contribution in [0.3, 0.4) is 0 Å². The summed E-state index contributed by atoms with van der Waals surface area (Å²) in [4.78, 5) is 12.7. The van der Waals surface area contributed by atoms with Crippen molar-refractivity contribution in [1.29, 1.82) is 0 Å². The van der Waals surface area contributed by atoms with Gasteiger partial charge in [0.2, 0.25) is 0 Å². The molecular weight excluding hydrogens is 524 g/mol. The van der Waals surface area contributed by atoms with Crippen LogP contribution in [0.2, 0.25) is 0 Å². The van der Waals surface area contributed by atoms with Crippen molar-refractivity contribution in [2.45, 2.75) is 199 Å². The zero-order valence-electron chi connectivity index (χ0n) is 28.1. The minimum Gasteiger partial charge on any atom is -0.463 e. The van der Waals surface area contributed by atoms with Crippen LogP contribution >= 0.6 is 0 Å². The highest BCUT2D eigenvalue weighted by Gasteiger charge is 2.20. The predicted octanol–water partition coefficient (Wildman–Crippen LogP) is 9.99. The molecule has 3 atom stereocenters. The van der Waals surface area contributed by atoms with E-state index >= 15 is 0 Å². The fraction of sp³-hybridized carbons (Fsp3) is 0.919. The van der Waals surface area contributed by atoms with Crippen LogP contribution in [0.15, 0.2) is 12.2 Å². The number of aliphatic hydroxyl groups is 3. The molecule has 0 spiro atoms. The summed E-state index contributed by atoms with van der Waals surface area (Å²) in [6, 6.07) is 0. The number of rotatable bonds is 33. The highest BCUT2D eigenvalue weighted by Crippen LogP contribution is 2.21. The maximum absolute atomic E-state index is 12.7. The summed E-state index contributed by atoms with van der Waals surface area (Å²) in [5, 5.41) is 28.7. The van der Waals surface area contributed by atoms with Gasteiger partial charge in [0, 0.05) is 0 Å². The number of esters is 1. The number of ether oxygens (including phenoxy) is 1. The van der Waals surface area contributed by atoms with Crippen molar-refractivity contribution in [3.8, 4) is 0 Å². The van der Waals surface area contributed by atoms with E-state index in [0.717, 1.165) is 70.6 Å². The first kappa shape index (κ1) is 41.1. The second kappa shape index (κ2) is 33.0. The first-order valence-corrected chi connectivity index (χ1v) is 18.3. The predicted molar refractivity (Wildman–Crippen MR) is 179 cm³/mol. The minimum atomic E-state index is -0.995. The molecule has 0 aliphatic carbocycles. The van der Waals surface area contributed by atoms with Crippen molar-refractivity contribution in [3.05, 3.63) is 12.2 Å². The Morgan fingerprint density at radius 2 is 1.00 bits per heavy atom. The van der Waals surface area contributed by atoms with Crippen molar-refractivity contribution < 1.29 is 24.9 Å². The van der Waals surface area contributed by atoms with Gasteiger partial charge in [-0.2, -0.15) is 0 Å². The molecule has 0 saturated heterocycles. The van der Waals surface area contributed by atoms with E-state index in [-0.39, 0.29) is 31.2 Å². The van der Waals surface area contributed by atoms with Gasteiger partial charge in [-0.15, -0.1) is 0 Å². The molecule has 250 valence electrons. The molecule has 0 aliphatic heterocycles. The Bertz CT molecular complexity index is 579. The van der Waals surface area contributed by atoms with Gasteiger partial charge in [0.05, 0.1) is 18.6 Å². The Balaban J connectivity index is 4.00. The van der Waals surface area contributed by atoms with E-state index < -0.39 is 6.10 Å². The van der Waals surface area contributed by atoms with Gasteiger partial charge >= 0.3 is 5.97 Å². The van der Waals surface area contributed by atoms with E-state index in [4.69, 9.17) is 9.84 Å². The minimum absolute atomic E-state index is 0.105. The monoisotopic (exact) mass is 597 g/mol. The lowest BCUT2D eigenvalue weighted by molar-refractivity contribution is -0.152. The van der Waals surface area contributed by atoms with Crippen LogP contribution in [-0.4, -0.2) is 46.7 Å². The molecule has 5 heteroatoms. The molecule has 0 rings (SSSR count). The van der Waals surface area contributed by atoms with Crippen molar-refractivity contribution in [3.63, 3.8) is 0 Å². The molecular formula is C37H72O5. The average molecular weight is 597 g/mol. The quantitative estimate of drug-likeness (QED) is 0.0399. The molecule has 0 saturated carbocycles. The molecule has 0 aromatic rings. The van der Waals surface area contributed by atoms with Crippen LogP contribution in [0.4, 0.5) is 0 Å². The standard InChI is InChI=1S/C37H72O5/c1-3-5-7-9-10-11-12-13-14-15-16-18-21-24-28-34(37(41)42-33-36(40)32-38)29-25-22-19-17-20-23-27-31-35(39)30-26-8-6-4-2/h23,27,34-36,38-40H,3-22,24-26,28-33H2,1-2H3/b27-23-/t34?,35-,36?/m1/s1. The molecule has 0 fully saturated rings. The fourth-order valence-corrected chi connectivity index (χ4v) is 5.62. The molecule has 0 radical (unpaired) electrons. The molecule has 2 unspecified atom stereocenters. The molecule has 5 nitrogen and oxygen atoms in total. The third-order valence-electron chi connectivity index (χ3n) is 8.51. The van der Waals surface area contributed by atoms with Crippen molar-refractivity contribution in [2.75, 3.05) is 13.2 Å². The van der Waals surface area contributed by atoms with Gasteiger partial charge < -0.3 is 20.1 Å². The highest BCUT2D eigenvalue weighted by atomic mass is 16.5. The second-order valence-electron chi connectivity index (χ2n) is 12.8. The van der Waals surface area contributed by atoms with Gasteiger partial charge in [0.25, 0.3) is 0 Å². The van der Waals surface area contributed by atoms with Crippen molar-refractivity contribution >= 4 is 5.97 Å². The first-order valence-electron chi connectivity index (χ1n) is 18.3. The van der Waals surface area contributed by atoms with Gasteiger partial charge in [-0.1, -0.05) is 161 Å². The Labute approximate surface area is 261 Å². The Kier molecular flexibility index (Phi) is 32.3. The van der Waals surface area contributed by atoms with E-state index in [1.165, 1.54) is 103 Å². The zero-order valence-corrected chi connectivity index (χ0v) is 28.1. The van der Waals surface area contributed by atoms with Crippen LogP contribution in [-0.2, 0) is 9.53 Å². The summed E-state index contributed by atoms with van der Waals surface area (Å²) in [5.74, 6) is -0.319. The molecule has 0 amide bonds. The third kappa shape index (κ3) is 29.2. The lowest BCUT2D eigenvalue weighted by Crippen LogP contribution is -2.25. The summed E-state index contributed by atoms with van der Waals surface area (Å²) in [6.45, 7) is 3.97. The summed E-state index contributed by atoms with van der Waals surface area (Å²) in [5.41, 5.74) is 0. The lowest BCUT2D eigenvalue weighted by Gasteiger charge is -2.17. The molecule has 0 bridgehead atoms. The van der Waals surface area contributed by atoms with E-state index in [1.807, 2.05) is 0 Å². The van der Waals surface area contributed by atoms with Gasteiger partial charge in [-0.05, 0) is 38.5 Å². The van der Waals surface area contributed by atoms with Gasteiger partial charge in [0.1, 0.15) is 12.7 Å². The average Bonchev–Trinajstić information content (AvgIpc) is 2.99. The van der Waals surface area contributed by atoms with E-state index in [9.17, 15) is 15.0 Å². The maximum atomic E-state index is 12.7. The van der Waals surface area contributed by atoms with Gasteiger partial charge in [0.15, 0.2) is 0 Å². The van der Waals surface area contributed by atoms with Crippen LogP contribution in [0, 0.1) is 5.92 Å². The number of carbonyl (C=O) groups excluding carboxylic acids is 1. The number of allylic oxidation sites excluding steroid dienone is 1. The topological polar surface area (TPSA) is 87.0 Å². The van der Waals surface area contributed by atoms with E-state index in [2.05, 4.69) is 26.0 Å². The third-order valence-corrected chi connectivity index (χ3v) is 8.51. The van der Waals surface area contributed by atoms with Crippen molar-refractivity contribution in [1.82, 2.24) is 0 Å². The normalized spacial score (nSPS) is 13.9.